The van der Waals surface area contributed by atoms with Crippen LogP contribution in [0.4, 0.5) is 10.1 Å². The van der Waals surface area contributed by atoms with Gasteiger partial charge in [-0.3, -0.25) is 4.79 Å². The monoisotopic (exact) mass is 312 g/mol. The van der Waals surface area contributed by atoms with Crippen molar-refractivity contribution >= 4 is 22.9 Å². The lowest BCUT2D eigenvalue weighted by Gasteiger charge is -2.04. The number of aryl methyl sites for hydroxylation is 1. The lowest BCUT2D eigenvalue weighted by Crippen LogP contribution is -2.10. The van der Waals surface area contributed by atoms with Crippen LogP contribution in [0.1, 0.15) is 15.2 Å². The standard InChI is InChI=1S/C17H13FN2OS/c1-11-7-8-13(9-14(11)18)20-16(21)15-10-19-17(22-15)12-5-3-2-4-6-12/h2-10H,1H3,(H,20,21). The molecule has 0 aliphatic heterocycles. The average molecular weight is 312 g/mol. The first-order valence-electron chi connectivity index (χ1n) is 6.72. The van der Waals surface area contributed by atoms with Crippen LogP contribution in [-0.4, -0.2) is 10.9 Å². The average Bonchev–Trinajstić information content (AvgIpc) is 3.02. The fraction of sp³-hybridized carbons (Fsp3) is 0.0588. The van der Waals surface area contributed by atoms with E-state index in [1.165, 1.54) is 23.6 Å². The van der Waals surface area contributed by atoms with Gasteiger partial charge in [-0.15, -0.1) is 11.3 Å². The third-order valence-corrected chi connectivity index (χ3v) is 4.23. The molecule has 3 rings (SSSR count). The van der Waals surface area contributed by atoms with Crippen molar-refractivity contribution in [3.05, 3.63) is 71.0 Å². The summed E-state index contributed by atoms with van der Waals surface area (Å²) >= 11 is 1.30. The molecule has 0 aliphatic carbocycles. The van der Waals surface area contributed by atoms with Crippen molar-refractivity contribution in [1.29, 1.82) is 0 Å². The molecule has 0 atom stereocenters. The largest absolute Gasteiger partial charge is 0.321 e. The summed E-state index contributed by atoms with van der Waals surface area (Å²) in [6, 6.07) is 14.3. The van der Waals surface area contributed by atoms with E-state index in [0.29, 0.717) is 16.1 Å². The molecule has 0 saturated carbocycles. The highest BCUT2D eigenvalue weighted by atomic mass is 32.1. The molecule has 0 spiro atoms. The Bertz CT molecular complexity index is 815. The first kappa shape index (κ1) is 14.4. The molecule has 0 fully saturated rings. The third-order valence-electron chi connectivity index (χ3n) is 3.18. The van der Waals surface area contributed by atoms with Gasteiger partial charge in [-0.25, -0.2) is 9.37 Å². The Morgan fingerprint density at radius 2 is 1.95 bits per heavy atom. The van der Waals surface area contributed by atoms with E-state index in [1.54, 1.807) is 19.1 Å². The molecule has 1 N–H and O–H groups in total. The van der Waals surface area contributed by atoms with Gasteiger partial charge in [0.2, 0.25) is 0 Å². The molecule has 1 heterocycles. The number of nitrogens with one attached hydrogen (secondary N) is 1. The van der Waals surface area contributed by atoms with Crippen molar-refractivity contribution in [3.63, 3.8) is 0 Å². The number of benzene rings is 2. The molecule has 22 heavy (non-hydrogen) atoms. The van der Waals surface area contributed by atoms with E-state index in [-0.39, 0.29) is 11.7 Å². The summed E-state index contributed by atoms with van der Waals surface area (Å²) in [5.74, 6) is -0.630. The first-order valence-corrected chi connectivity index (χ1v) is 7.54. The molecule has 0 bridgehead atoms. The van der Waals surface area contributed by atoms with Crippen LogP contribution in [0.15, 0.2) is 54.7 Å². The number of halogens is 1. The number of aromatic nitrogens is 1. The van der Waals surface area contributed by atoms with Gasteiger partial charge >= 0.3 is 0 Å². The van der Waals surface area contributed by atoms with Gasteiger partial charge in [0.05, 0.1) is 6.20 Å². The van der Waals surface area contributed by atoms with Crippen LogP contribution in [0.3, 0.4) is 0 Å². The Morgan fingerprint density at radius 3 is 2.68 bits per heavy atom. The number of amides is 1. The molecule has 5 heteroatoms. The van der Waals surface area contributed by atoms with E-state index >= 15 is 0 Å². The number of carbonyl (C=O) groups excluding carboxylic acids is 1. The fourth-order valence-electron chi connectivity index (χ4n) is 1.96. The van der Waals surface area contributed by atoms with Crippen LogP contribution in [-0.2, 0) is 0 Å². The van der Waals surface area contributed by atoms with Crippen molar-refractivity contribution in [3.8, 4) is 10.6 Å². The van der Waals surface area contributed by atoms with Gasteiger partial charge in [0.1, 0.15) is 15.7 Å². The second-order valence-corrected chi connectivity index (χ2v) is 5.84. The number of nitrogens with zero attached hydrogens (tertiary/aromatic N) is 1. The van der Waals surface area contributed by atoms with Crippen LogP contribution in [0, 0.1) is 12.7 Å². The summed E-state index contributed by atoms with van der Waals surface area (Å²) in [6.45, 7) is 1.68. The van der Waals surface area contributed by atoms with Gasteiger partial charge in [0.15, 0.2) is 0 Å². The van der Waals surface area contributed by atoms with Crippen molar-refractivity contribution in [1.82, 2.24) is 4.98 Å². The van der Waals surface area contributed by atoms with Gasteiger partial charge < -0.3 is 5.32 Å². The maximum atomic E-state index is 13.5. The topological polar surface area (TPSA) is 42.0 Å². The van der Waals surface area contributed by atoms with Gasteiger partial charge in [-0.1, -0.05) is 36.4 Å². The van der Waals surface area contributed by atoms with Crippen LogP contribution in [0.5, 0.6) is 0 Å². The van der Waals surface area contributed by atoms with E-state index in [2.05, 4.69) is 10.3 Å². The van der Waals surface area contributed by atoms with Crippen LogP contribution in [0.25, 0.3) is 10.6 Å². The molecule has 0 radical (unpaired) electrons. The number of hydrogen-bond donors (Lipinski definition) is 1. The number of anilines is 1. The Balaban J connectivity index is 1.78. The first-order chi connectivity index (χ1) is 10.6. The number of rotatable bonds is 3. The van der Waals surface area contributed by atoms with Crippen molar-refractivity contribution in [2.45, 2.75) is 6.92 Å². The summed E-state index contributed by atoms with van der Waals surface area (Å²) in [7, 11) is 0. The minimum Gasteiger partial charge on any atom is -0.321 e. The molecule has 3 nitrogen and oxygen atoms in total. The molecule has 3 aromatic rings. The molecule has 1 amide bonds. The maximum absolute atomic E-state index is 13.5. The van der Waals surface area contributed by atoms with E-state index in [0.717, 1.165) is 10.6 Å². The molecular weight excluding hydrogens is 299 g/mol. The summed E-state index contributed by atoms with van der Waals surface area (Å²) in [5.41, 5.74) is 1.94. The quantitative estimate of drug-likeness (QED) is 0.773. The van der Waals surface area contributed by atoms with Crippen molar-refractivity contribution in [2.75, 3.05) is 5.32 Å². The molecule has 110 valence electrons. The van der Waals surface area contributed by atoms with E-state index in [9.17, 15) is 9.18 Å². The third kappa shape index (κ3) is 3.04. The zero-order valence-electron chi connectivity index (χ0n) is 11.8. The van der Waals surface area contributed by atoms with E-state index < -0.39 is 0 Å². The highest BCUT2D eigenvalue weighted by Crippen LogP contribution is 2.25. The van der Waals surface area contributed by atoms with E-state index in [4.69, 9.17) is 0 Å². The lowest BCUT2D eigenvalue weighted by atomic mass is 10.2. The zero-order chi connectivity index (χ0) is 15.5. The zero-order valence-corrected chi connectivity index (χ0v) is 12.7. The van der Waals surface area contributed by atoms with Crippen molar-refractivity contribution < 1.29 is 9.18 Å². The summed E-state index contributed by atoms with van der Waals surface area (Å²) < 4.78 is 13.5. The Morgan fingerprint density at radius 1 is 1.18 bits per heavy atom. The Hall–Kier alpha value is -2.53. The second-order valence-electron chi connectivity index (χ2n) is 4.81. The Labute approximate surface area is 131 Å². The SMILES string of the molecule is Cc1ccc(NC(=O)c2cnc(-c3ccccc3)s2)cc1F. The molecule has 0 unspecified atom stereocenters. The smallest absolute Gasteiger partial charge is 0.267 e. The lowest BCUT2D eigenvalue weighted by molar-refractivity contribution is 0.103. The molecular formula is C17H13FN2OS. The predicted molar refractivity (Wildman–Crippen MR) is 86.6 cm³/mol. The highest BCUT2D eigenvalue weighted by Gasteiger charge is 2.12. The van der Waals surface area contributed by atoms with Gasteiger partial charge in [-0.2, -0.15) is 0 Å². The number of thiazole rings is 1. The minimum atomic E-state index is -0.341. The van der Waals surface area contributed by atoms with Gasteiger partial charge in [0.25, 0.3) is 5.91 Å². The summed E-state index contributed by atoms with van der Waals surface area (Å²) in [6.07, 6.45) is 1.53. The number of carbonyl (C=O) groups is 1. The van der Waals surface area contributed by atoms with Crippen molar-refractivity contribution in [2.24, 2.45) is 0 Å². The van der Waals surface area contributed by atoms with Gasteiger partial charge in [0, 0.05) is 11.3 Å². The Kier molecular flexibility index (Phi) is 3.98. The molecule has 1 aromatic heterocycles. The van der Waals surface area contributed by atoms with Gasteiger partial charge in [-0.05, 0) is 24.6 Å². The van der Waals surface area contributed by atoms with Crippen LogP contribution < -0.4 is 5.32 Å². The predicted octanol–water partition coefficient (Wildman–Crippen LogP) is 4.51. The molecule has 0 saturated heterocycles. The van der Waals surface area contributed by atoms with Crippen LogP contribution in [0.2, 0.25) is 0 Å². The van der Waals surface area contributed by atoms with Crippen LogP contribution >= 0.6 is 11.3 Å². The maximum Gasteiger partial charge on any atom is 0.267 e. The number of hydrogen-bond acceptors (Lipinski definition) is 3. The summed E-state index contributed by atoms with van der Waals surface area (Å²) in [5, 5.41) is 3.46. The fourth-order valence-corrected chi connectivity index (χ4v) is 2.77. The highest BCUT2D eigenvalue weighted by molar-refractivity contribution is 7.17. The molecule has 2 aromatic carbocycles. The normalized spacial score (nSPS) is 10.5. The summed E-state index contributed by atoms with van der Waals surface area (Å²) in [4.78, 5) is 16.9. The van der Waals surface area contributed by atoms with E-state index in [1.807, 2.05) is 30.3 Å². The minimum absolute atomic E-state index is 0.289. The second kappa shape index (κ2) is 6.07. The molecule has 0 aliphatic rings.